The third-order valence-electron chi connectivity index (χ3n) is 2.80. The van der Waals surface area contributed by atoms with Gasteiger partial charge in [-0.3, -0.25) is 0 Å². The summed E-state index contributed by atoms with van der Waals surface area (Å²) in [6.07, 6.45) is 3.53. The van der Waals surface area contributed by atoms with Gasteiger partial charge in [0.2, 0.25) is 5.82 Å². The second-order valence-corrected chi connectivity index (χ2v) is 5.18. The molecule has 1 N–H and O–H groups in total. The van der Waals surface area contributed by atoms with Crippen molar-refractivity contribution in [2.75, 3.05) is 5.32 Å². The molecule has 0 fully saturated rings. The molecule has 2 heterocycles. The van der Waals surface area contributed by atoms with E-state index in [4.69, 9.17) is 4.52 Å². The van der Waals surface area contributed by atoms with Crippen molar-refractivity contribution < 1.29 is 4.52 Å². The SMILES string of the molecule is Cn1ccnc1-c1noc(NCc2ccc(Br)cc2)n1. The van der Waals surface area contributed by atoms with E-state index in [1.807, 2.05) is 42.1 Å². The Labute approximate surface area is 124 Å². The van der Waals surface area contributed by atoms with Gasteiger partial charge >= 0.3 is 6.01 Å². The average molecular weight is 334 g/mol. The minimum atomic E-state index is 0.380. The van der Waals surface area contributed by atoms with Crippen LogP contribution in [-0.4, -0.2) is 19.7 Å². The van der Waals surface area contributed by atoms with Gasteiger partial charge in [0.25, 0.3) is 0 Å². The van der Waals surface area contributed by atoms with Crippen LogP contribution in [0.3, 0.4) is 0 Å². The van der Waals surface area contributed by atoms with Crippen LogP contribution in [0.25, 0.3) is 11.6 Å². The van der Waals surface area contributed by atoms with Crippen molar-refractivity contribution in [1.82, 2.24) is 19.7 Å². The molecular formula is C13H12BrN5O. The lowest BCUT2D eigenvalue weighted by atomic mass is 10.2. The number of hydrogen-bond donors (Lipinski definition) is 1. The van der Waals surface area contributed by atoms with E-state index in [0.717, 1.165) is 10.0 Å². The summed E-state index contributed by atoms with van der Waals surface area (Å²) < 4.78 is 8.04. The number of nitrogens with one attached hydrogen (secondary N) is 1. The molecule has 7 heteroatoms. The second-order valence-electron chi connectivity index (χ2n) is 4.26. The minimum absolute atomic E-state index is 0.380. The maximum Gasteiger partial charge on any atom is 0.322 e. The maximum atomic E-state index is 5.15. The molecule has 0 aliphatic heterocycles. The standard InChI is InChI=1S/C13H12BrN5O/c1-19-7-6-15-12(19)11-17-13(20-18-11)16-8-9-2-4-10(14)5-3-9/h2-7H,8H2,1H3,(H,16,17,18). The summed E-state index contributed by atoms with van der Waals surface area (Å²) in [6.45, 7) is 0.621. The summed E-state index contributed by atoms with van der Waals surface area (Å²) in [7, 11) is 1.88. The number of nitrogens with zero attached hydrogens (tertiary/aromatic N) is 4. The molecule has 3 rings (SSSR count). The summed E-state index contributed by atoms with van der Waals surface area (Å²) in [5.74, 6) is 1.14. The molecule has 0 unspecified atom stereocenters. The van der Waals surface area contributed by atoms with Crippen LogP contribution in [0.4, 0.5) is 6.01 Å². The van der Waals surface area contributed by atoms with E-state index >= 15 is 0 Å². The summed E-state index contributed by atoms with van der Waals surface area (Å²) in [4.78, 5) is 8.44. The molecule has 0 bridgehead atoms. The van der Waals surface area contributed by atoms with E-state index in [2.05, 4.69) is 36.4 Å². The quantitative estimate of drug-likeness (QED) is 0.795. The molecule has 102 valence electrons. The highest BCUT2D eigenvalue weighted by Crippen LogP contribution is 2.16. The highest BCUT2D eigenvalue weighted by Gasteiger charge is 2.11. The number of aryl methyl sites for hydroxylation is 1. The lowest BCUT2D eigenvalue weighted by Crippen LogP contribution is -1.99. The number of rotatable bonds is 4. The molecule has 0 saturated heterocycles. The zero-order valence-electron chi connectivity index (χ0n) is 10.7. The Morgan fingerprint density at radius 3 is 2.80 bits per heavy atom. The first-order valence-corrected chi connectivity index (χ1v) is 6.81. The number of aromatic nitrogens is 4. The lowest BCUT2D eigenvalue weighted by molar-refractivity contribution is 0.431. The van der Waals surface area contributed by atoms with E-state index in [1.54, 1.807) is 6.20 Å². The van der Waals surface area contributed by atoms with Gasteiger partial charge in [-0.25, -0.2) is 4.98 Å². The van der Waals surface area contributed by atoms with Crippen molar-refractivity contribution in [2.24, 2.45) is 7.05 Å². The Morgan fingerprint density at radius 1 is 1.30 bits per heavy atom. The van der Waals surface area contributed by atoms with E-state index in [1.165, 1.54) is 0 Å². The zero-order valence-corrected chi connectivity index (χ0v) is 12.3. The van der Waals surface area contributed by atoms with Crippen LogP contribution in [0.5, 0.6) is 0 Å². The second kappa shape index (κ2) is 5.46. The van der Waals surface area contributed by atoms with E-state index in [9.17, 15) is 0 Å². The van der Waals surface area contributed by atoms with E-state index in [-0.39, 0.29) is 0 Å². The average Bonchev–Trinajstić information content (AvgIpc) is 3.06. The van der Waals surface area contributed by atoms with Crippen molar-refractivity contribution in [3.8, 4) is 11.6 Å². The first kappa shape index (κ1) is 12.9. The third kappa shape index (κ3) is 2.72. The molecule has 3 aromatic rings. The van der Waals surface area contributed by atoms with Gasteiger partial charge in [-0.2, -0.15) is 4.98 Å². The molecule has 0 radical (unpaired) electrons. The predicted octanol–water partition coefficient (Wildman–Crippen LogP) is 2.84. The topological polar surface area (TPSA) is 68.8 Å². The van der Waals surface area contributed by atoms with Crippen molar-refractivity contribution in [2.45, 2.75) is 6.54 Å². The summed E-state index contributed by atoms with van der Waals surface area (Å²) in [5.41, 5.74) is 1.13. The van der Waals surface area contributed by atoms with Gasteiger partial charge in [-0.15, -0.1) is 0 Å². The highest BCUT2D eigenvalue weighted by atomic mass is 79.9. The van der Waals surface area contributed by atoms with Crippen LogP contribution in [-0.2, 0) is 13.6 Å². The van der Waals surface area contributed by atoms with Crippen LogP contribution >= 0.6 is 15.9 Å². The molecule has 0 spiro atoms. The molecule has 20 heavy (non-hydrogen) atoms. The third-order valence-corrected chi connectivity index (χ3v) is 3.33. The molecule has 0 amide bonds. The molecule has 0 aliphatic rings. The number of imidazole rings is 1. The minimum Gasteiger partial charge on any atom is -0.334 e. The van der Waals surface area contributed by atoms with Gasteiger partial charge in [0.1, 0.15) is 0 Å². The Bertz CT molecular complexity index is 704. The van der Waals surface area contributed by atoms with Crippen LogP contribution in [0.1, 0.15) is 5.56 Å². The fraction of sp³-hybridized carbons (Fsp3) is 0.154. The maximum absolute atomic E-state index is 5.15. The zero-order chi connectivity index (χ0) is 13.9. The Kier molecular flexibility index (Phi) is 3.51. The molecule has 6 nitrogen and oxygen atoms in total. The first-order valence-electron chi connectivity index (χ1n) is 6.02. The Balaban J connectivity index is 1.69. The van der Waals surface area contributed by atoms with Crippen molar-refractivity contribution in [1.29, 1.82) is 0 Å². The Morgan fingerprint density at radius 2 is 2.10 bits per heavy atom. The smallest absolute Gasteiger partial charge is 0.322 e. The molecule has 1 aromatic carbocycles. The predicted molar refractivity (Wildman–Crippen MR) is 78.0 cm³/mol. The lowest BCUT2D eigenvalue weighted by Gasteiger charge is -2.01. The van der Waals surface area contributed by atoms with E-state index < -0.39 is 0 Å². The molecule has 0 atom stereocenters. The van der Waals surface area contributed by atoms with Crippen LogP contribution < -0.4 is 5.32 Å². The normalized spacial score (nSPS) is 10.7. The number of halogens is 1. The van der Waals surface area contributed by atoms with Crippen molar-refractivity contribution in [3.63, 3.8) is 0 Å². The van der Waals surface area contributed by atoms with Gasteiger partial charge in [0.05, 0.1) is 0 Å². The van der Waals surface area contributed by atoms with Gasteiger partial charge in [0.15, 0.2) is 5.82 Å². The van der Waals surface area contributed by atoms with Crippen molar-refractivity contribution in [3.05, 3.63) is 46.7 Å². The monoisotopic (exact) mass is 333 g/mol. The molecular weight excluding hydrogens is 322 g/mol. The summed E-state index contributed by atoms with van der Waals surface area (Å²) in [6, 6.07) is 8.40. The first-order chi connectivity index (χ1) is 9.72. The highest BCUT2D eigenvalue weighted by molar-refractivity contribution is 9.10. The molecule has 0 aliphatic carbocycles. The van der Waals surface area contributed by atoms with Crippen LogP contribution in [0.2, 0.25) is 0 Å². The van der Waals surface area contributed by atoms with Gasteiger partial charge < -0.3 is 14.4 Å². The fourth-order valence-corrected chi connectivity index (χ4v) is 2.01. The molecule has 0 saturated carbocycles. The Hall–Kier alpha value is -2.15. The van der Waals surface area contributed by atoms with E-state index in [0.29, 0.717) is 24.2 Å². The van der Waals surface area contributed by atoms with Gasteiger partial charge in [-0.1, -0.05) is 33.2 Å². The van der Waals surface area contributed by atoms with Crippen LogP contribution in [0.15, 0.2) is 45.7 Å². The molecule has 2 aromatic heterocycles. The van der Waals surface area contributed by atoms with Gasteiger partial charge in [0, 0.05) is 30.5 Å². The van der Waals surface area contributed by atoms with Gasteiger partial charge in [-0.05, 0) is 17.7 Å². The van der Waals surface area contributed by atoms with Crippen LogP contribution in [0, 0.1) is 0 Å². The fourth-order valence-electron chi connectivity index (χ4n) is 1.75. The number of benzene rings is 1. The summed E-state index contributed by atoms with van der Waals surface area (Å²) in [5, 5.41) is 7.00. The largest absolute Gasteiger partial charge is 0.334 e. The number of anilines is 1. The summed E-state index contributed by atoms with van der Waals surface area (Å²) >= 11 is 3.40. The number of hydrogen-bond acceptors (Lipinski definition) is 5. The van der Waals surface area contributed by atoms with Crippen molar-refractivity contribution >= 4 is 21.9 Å².